The fourth-order valence-electron chi connectivity index (χ4n) is 4.12. The number of hydrogen-bond donors (Lipinski definition) is 1. The number of allylic oxidation sites excluding steroid dienone is 1. The van der Waals surface area contributed by atoms with Crippen molar-refractivity contribution in [2.75, 3.05) is 4.90 Å². The number of nitrogens with zero attached hydrogens (tertiary/aromatic N) is 4. The number of hydrogen-bond acceptors (Lipinski definition) is 5. The summed E-state index contributed by atoms with van der Waals surface area (Å²) in [4.78, 5) is 31.5. The van der Waals surface area contributed by atoms with Crippen LogP contribution in [-0.2, 0) is 4.79 Å². The number of nitrogens with two attached hydrogens (primary N) is 1. The molecule has 1 aromatic heterocycles. The van der Waals surface area contributed by atoms with Gasteiger partial charge in [0.05, 0.1) is 17.1 Å². The molecule has 33 heavy (non-hydrogen) atoms. The molecule has 1 saturated heterocycles. The Bertz CT molecular complexity index is 1310. The predicted molar refractivity (Wildman–Crippen MR) is 131 cm³/mol. The van der Waals surface area contributed by atoms with Crippen molar-refractivity contribution in [1.29, 1.82) is 0 Å². The summed E-state index contributed by atoms with van der Waals surface area (Å²) in [6.07, 6.45) is 5.92. The van der Waals surface area contributed by atoms with Crippen LogP contribution in [0.4, 0.5) is 11.4 Å². The first kappa shape index (κ1) is 22.2. The Balaban J connectivity index is 1.75. The minimum atomic E-state index is -0.252. The fraction of sp³-hybridized carbons (Fsp3) is 0.231. The number of aliphatic imine (C=N–C) groups is 1. The maximum atomic E-state index is 12.7. The molecule has 0 radical (unpaired) electrons. The Hall–Kier alpha value is -4.00. The number of carbonyl (C=O) groups is 1. The molecule has 4 rings (SSSR count). The molecule has 0 atom stereocenters. The van der Waals surface area contributed by atoms with E-state index in [1.807, 2.05) is 60.4 Å². The summed E-state index contributed by atoms with van der Waals surface area (Å²) < 4.78 is 1.65. The number of para-hydroxylation sites is 1. The molecule has 1 fully saturated rings. The third-order valence-electron chi connectivity index (χ3n) is 5.80. The van der Waals surface area contributed by atoms with Gasteiger partial charge in [-0.25, -0.2) is 9.67 Å². The van der Waals surface area contributed by atoms with Crippen LogP contribution in [0.1, 0.15) is 37.9 Å². The lowest BCUT2D eigenvalue weighted by Gasteiger charge is -2.32. The number of aromatic nitrogens is 2. The zero-order valence-electron chi connectivity index (χ0n) is 19.0. The second-order valence-corrected chi connectivity index (χ2v) is 8.68. The minimum Gasteiger partial charge on any atom is -0.405 e. The van der Waals surface area contributed by atoms with Crippen LogP contribution in [0.3, 0.4) is 0 Å². The maximum Gasteiger partial charge on any atom is 0.227 e. The lowest BCUT2D eigenvalue weighted by molar-refractivity contribution is -0.117. The van der Waals surface area contributed by atoms with Crippen molar-refractivity contribution in [3.05, 3.63) is 94.6 Å². The Kier molecular flexibility index (Phi) is 5.96. The quantitative estimate of drug-likeness (QED) is 0.605. The van der Waals surface area contributed by atoms with Crippen molar-refractivity contribution in [3.8, 4) is 5.69 Å². The predicted octanol–water partition coefficient (Wildman–Crippen LogP) is 4.04. The average molecular weight is 442 g/mol. The zero-order valence-corrected chi connectivity index (χ0v) is 19.0. The van der Waals surface area contributed by atoms with Crippen LogP contribution < -0.4 is 16.1 Å². The molecule has 2 aromatic carbocycles. The van der Waals surface area contributed by atoms with Gasteiger partial charge >= 0.3 is 0 Å². The molecule has 0 unspecified atom stereocenters. The van der Waals surface area contributed by atoms with Gasteiger partial charge in [-0.05, 0) is 75.4 Å². The second-order valence-electron chi connectivity index (χ2n) is 8.68. The van der Waals surface area contributed by atoms with Crippen molar-refractivity contribution >= 4 is 23.0 Å². The molecule has 1 aliphatic rings. The van der Waals surface area contributed by atoms with Gasteiger partial charge in [0.15, 0.2) is 5.69 Å². The number of amides is 1. The molecular formula is C26H27N5O2. The summed E-state index contributed by atoms with van der Waals surface area (Å²) >= 11 is 0. The maximum absolute atomic E-state index is 12.7. The van der Waals surface area contributed by atoms with E-state index >= 15 is 0 Å². The highest BCUT2D eigenvalue weighted by Crippen LogP contribution is 2.35. The first-order valence-electron chi connectivity index (χ1n) is 10.9. The number of carbonyl (C=O) groups excluding carboxylic acids is 1. The molecule has 2 N–H and O–H groups in total. The molecule has 1 amide bonds. The second kappa shape index (κ2) is 8.86. The minimum absolute atomic E-state index is 0.131. The Labute approximate surface area is 192 Å². The van der Waals surface area contributed by atoms with Gasteiger partial charge in [0.2, 0.25) is 11.3 Å². The van der Waals surface area contributed by atoms with E-state index in [1.54, 1.807) is 17.0 Å². The first-order chi connectivity index (χ1) is 15.8. The van der Waals surface area contributed by atoms with E-state index in [0.29, 0.717) is 17.8 Å². The van der Waals surface area contributed by atoms with Crippen molar-refractivity contribution < 1.29 is 4.79 Å². The lowest BCUT2D eigenvalue weighted by atomic mass is 10.0. The van der Waals surface area contributed by atoms with E-state index in [1.165, 1.54) is 12.3 Å². The van der Waals surface area contributed by atoms with Crippen molar-refractivity contribution in [3.63, 3.8) is 0 Å². The van der Waals surface area contributed by atoms with E-state index in [2.05, 4.69) is 23.9 Å². The molecule has 7 nitrogen and oxygen atoms in total. The number of benzene rings is 2. The van der Waals surface area contributed by atoms with E-state index in [4.69, 9.17) is 5.73 Å². The van der Waals surface area contributed by atoms with Gasteiger partial charge in [0.1, 0.15) is 0 Å². The molecule has 3 aromatic rings. The molecule has 1 aliphatic heterocycles. The van der Waals surface area contributed by atoms with Gasteiger partial charge in [-0.15, -0.1) is 0 Å². The van der Waals surface area contributed by atoms with Gasteiger partial charge in [0, 0.05) is 29.9 Å². The topological polar surface area (TPSA) is 93.6 Å². The van der Waals surface area contributed by atoms with Crippen LogP contribution in [0.25, 0.3) is 5.69 Å². The molecule has 168 valence electrons. The summed E-state index contributed by atoms with van der Waals surface area (Å²) in [7, 11) is 0. The monoisotopic (exact) mass is 441 g/mol. The van der Waals surface area contributed by atoms with Crippen LogP contribution in [0, 0.1) is 6.92 Å². The Morgan fingerprint density at radius 2 is 1.88 bits per heavy atom. The van der Waals surface area contributed by atoms with E-state index in [0.717, 1.165) is 23.4 Å². The third-order valence-corrected chi connectivity index (χ3v) is 5.80. The molecule has 0 bridgehead atoms. The van der Waals surface area contributed by atoms with Crippen molar-refractivity contribution in [2.45, 2.75) is 39.2 Å². The summed E-state index contributed by atoms with van der Waals surface area (Å²) in [5, 5.41) is 4.58. The highest BCUT2D eigenvalue weighted by molar-refractivity contribution is 6.08. The van der Waals surface area contributed by atoms with Gasteiger partial charge in [0.25, 0.3) is 0 Å². The van der Waals surface area contributed by atoms with Gasteiger partial charge in [-0.3, -0.25) is 9.59 Å². The number of anilines is 1. The molecule has 0 saturated carbocycles. The Morgan fingerprint density at radius 3 is 2.52 bits per heavy atom. The summed E-state index contributed by atoms with van der Waals surface area (Å²) in [6.45, 7) is 6.12. The van der Waals surface area contributed by atoms with Gasteiger partial charge in [-0.2, -0.15) is 5.10 Å². The highest BCUT2D eigenvalue weighted by atomic mass is 16.2. The molecule has 7 heteroatoms. The Morgan fingerprint density at radius 1 is 1.12 bits per heavy atom. The largest absolute Gasteiger partial charge is 0.405 e. The standard InChI is InChI=1S/C26H27N5O2/c1-18-17-20(31-24(33)11-14-26(31,2)3)9-10-22(18)30-16-13-23(32)25(29-30)21(12-15-27)28-19-7-5-4-6-8-19/h4-10,12-13,15-17H,11,14,27H2,1-3H3. The average Bonchev–Trinajstić information content (AvgIpc) is 3.07. The summed E-state index contributed by atoms with van der Waals surface area (Å²) in [6, 6.07) is 16.6. The van der Waals surface area contributed by atoms with E-state index < -0.39 is 0 Å². The van der Waals surface area contributed by atoms with Crippen molar-refractivity contribution in [1.82, 2.24) is 9.78 Å². The van der Waals surface area contributed by atoms with Crippen LogP contribution in [0.15, 0.2) is 82.9 Å². The van der Waals surface area contributed by atoms with Crippen LogP contribution in [0.5, 0.6) is 0 Å². The smallest absolute Gasteiger partial charge is 0.227 e. The van der Waals surface area contributed by atoms with Crippen molar-refractivity contribution in [2.24, 2.45) is 10.7 Å². The summed E-state index contributed by atoms with van der Waals surface area (Å²) in [5.41, 5.74) is 9.02. The van der Waals surface area contributed by atoms with Crippen LogP contribution in [0.2, 0.25) is 0 Å². The summed E-state index contributed by atoms with van der Waals surface area (Å²) in [5.74, 6) is 0.131. The van der Waals surface area contributed by atoms with Crippen LogP contribution >= 0.6 is 0 Å². The lowest BCUT2D eigenvalue weighted by Crippen LogP contribution is -2.40. The third kappa shape index (κ3) is 4.48. The first-order valence-corrected chi connectivity index (χ1v) is 10.9. The molecular weight excluding hydrogens is 414 g/mol. The zero-order chi connectivity index (χ0) is 23.6. The normalized spacial score (nSPS) is 16.0. The van der Waals surface area contributed by atoms with Crippen LogP contribution in [-0.4, -0.2) is 26.9 Å². The van der Waals surface area contributed by atoms with Gasteiger partial charge in [-0.1, -0.05) is 18.2 Å². The molecule has 2 heterocycles. The highest BCUT2D eigenvalue weighted by Gasteiger charge is 2.38. The van der Waals surface area contributed by atoms with E-state index in [9.17, 15) is 9.59 Å². The number of aryl methyl sites for hydroxylation is 1. The molecule has 0 aliphatic carbocycles. The van der Waals surface area contributed by atoms with Gasteiger partial charge < -0.3 is 10.6 Å². The SMILES string of the molecule is Cc1cc(N2C(=O)CCC2(C)C)ccc1-n1ccc(=O)c(C(C=CN)=Nc2ccccc2)n1. The fourth-order valence-corrected chi connectivity index (χ4v) is 4.12. The molecule has 0 spiro atoms. The van der Waals surface area contributed by atoms with E-state index in [-0.39, 0.29) is 22.6 Å². The number of rotatable bonds is 5.